The lowest BCUT2D eigenvalue weighted by Crippen LogP contribution is -2.27. The zero-order valence-electron chi connectivity index (χ0n) is 5.89. The predicted molar refractivity (Wildman–Crippen MR) is 34.0 cm³/mol. The Morgan fingerprint density at radius 3 is 2.67 bits per heavy atom. The van der Waals surface area contributed by atoms with E-state index in [9.17, 15) is 4.79 Å². The predicted octanol–water partition coefficient (Wildman–Crippen LogP) is 1.35. The largest absolute Gasteiger partial charge is 0.462 e. The van der Waals surface area contributed by atoms with Crippen molar-refractivity contribution in [2.45, 2.75) is 32.8 Å². The molecule has 2 nitrogen and oxygen atoms in total. The van der Waals surface area contributed by atoms with Crippen LogP contribution < -0.4 is 0 Å². The lowest BCUT2D eigenvalue weighted by atomic mass is 9.98. The fourth-order valence-corrected chi connectivity index (χ4v) is 0.963. The van der Waals surface area contributed by atoms with E-state index in [1.165, 1.54) is 0 Å². The van der Waals surface area contributed by atoms with E-state index in [0.717, 1.165) is 6.42 Å². The second-order valence-electron chi connectivity index (χ2n) is 2.71. The van der Waals surface area contributed by atoms with Crippen molar-refractivity contribution in [1.29, 1.82) is 0 Å². The third-order valence-corrected chi connectivity index (χ3v) is 1.92. The minimum atomic E-state index is -0.0411. The Bertz CT molecular complexity index is 120. The lowest BCUT2D eigenvalue weighted by Gasteiger charge is -2.24. The number of carbonyl (C=O) groups excluding carboxylic acids is 1. The average molecular weight is 128 g/mol. The average Bonchev–Trinajstić information content (AvgIpc) is 1.80. The molecule has 0 bridgehead atoms. The van der Waals surface area contributed by atoms with E-state index in [4.69, 9.17) is 4.74 Å². The van der Waals surface area contributed by atoms with Crippen LogP contribution in [0.4, 0.5) is 0 Å². The Hall–Kier alpha value is -0.530. The van der Waals surface area contributed by atoms with Gasteiger partial charge in [0.05, 0.1) is 0 Å². The van der Waals surface area contributed by atoms with Crippen molar-refractivity contribution in [2.24, 2.45) is 5.92 Å². The molecule has 52 valence electrons. The van der Waals surface area contributed by atoms with Gasteiger partial charge in [-0.15, -0.1) is 0 Å². The first-order valence-electron chi connectivity index (χ1n) is 3.39. The second kappa shape index (κ2) is 2.38. The number of ether oxygens (including phenoxy) is 1. The summed E-state index contributed by atoms with van der Waals surface area (Å²) < 4.78 is 4.96. The van der Waals surface area contributed by atoms with E-state index in [1.807, 2.05) is 6.92 Å². The van der Waals surface area contributed by atoms with Crippen LogP contribution in [0.3, 0.4) is 0 Å². The van der Waals surface area contributed by atoms with Crippen molar-refractivity contribution in [1.82, 2.24) is 0 Å². The molecule has 1 aliphatic heterocycles. The van der Waals surface area contributed by atoms with Gasteiger partial charge in [-0.25, -0.2) is 0 Å². The number of esters is 1. The highest BCUT2D eigenvalue weighted by molar-refractivity contribution is 5.70. The molecule has 0 spiro atoms. The van der Waals surface area contributed by atoms with E-state index in [0.29, 0.717) is 12.3 Å². The Morgan fingerprint density at radius 1 is 1.56 bits per heavy atom. The zero-order valence-corrected chi connectivity index (χ0v) is 5.89. The van der Waals surface area contributed by atoms with Crippen molar-refractivity contribution in [3.8, 4) is 0 Å². The van der Waals surface area contributed by atoms with Crippen LogP contribution in [0.2, 0.25) is 0 Å². The van der Waals surface area contributed by atoms with Crippen molar-refractivity contribution < 1.29 is 9.53 Å². The Balaban J connectivity index is 2.44. The molecular formula is C7H12O2. The molecule has 2 atom stereocenters. The molecule has 0 aliphatic carbocycles. The molecule has 1 aliphatic rings. The molecule has 9 heavy (non-hydrogen) atoms. The maximum atomic E-state index is 10.6. The van der Waals surface area contributed by atoms with Gasteiger partial charge in [-0.1, -0.05) is 6.92 Å². The van der Waals surface area contributed by atoms with Crippen LogP contribution in [0.1, 0.15) is 26.7 Å². The first-order chi connectivity index (χ1) is 4.20. The van der Waals surface area contributed by atoms with Gasteiger partial charge in [-0.05, 0) is 19.3 Å². The van der Waals surface area contributed by atoms with Gasteiger partial charge in [-0.3, -0.25) is 4.79 Å². The van der Waals surface area contributed by atoms with Gasteiger partial charge in [0.15, 0.2) is 0 Å². The molecule has 0 radical (unpaired) electrons. The van der Waals surface area contributed by atoms with Crippen LogP contribution in [-0.2, 0) is 9.53 Å². The van der Waals surface area contributed by atoms with Gasteiger partial charge in [0.2, 0.25) is 0 Å². The summed E-state index contributed by atoms with van der Waals surface area (Å²) in [6.45, 7) is 4.05. The fraction of sp³-hybridized carbons (Fsp3) is 0.857. The molecule has 0 aromatic heterocycles. The van der Waals surface area contributed by atoms with Crippen molar-refractivity contribution >= 4 is 5.97 Å². The normalized spacial score (nSPS) is 36.0. The highest BCUT2D eigenvalue weighted by atomic mass is 16.5. The van der Waals surface area contributed by atoms with E-state index in [2.05, 4.69) is 6.92 Å². The van der Waals surface area contributed by atoms with Crippen LogP contribution in [0.5, 0.6) is 0 Å². The summed E-state index contributed by atoms with van der Waals surface area (Å²) in [6.07, 6.45) is 1.72. The number of hydrogen-bond donors (Lipinski definition) is 0. The molecule has 1 unspecified atom stereocenters. The van der Waals surface area contributed by atoms with Gasteiger partial charge >= 0.3 is 5.97 Å². The minimum Gasteiger partial charge on any atom is -0.462 e. The van der Waals surface area contributed by atoms with Crippen LogP contribution in [0.25, 0.3) is 0 Å². The number of rotatable bonds is 0. The Kier molecular flexibility index (Phi) is 1.74. The monoisotopic (exact) mass is 128 g/mol. The highest BCUT2D eigenvalue weighted by Crippen LogP contribution is 2.19. The van der Waals surface area contributed by atoms with Crippen molar-refractivity contribution in [2.75, 3.05) is 0 Å². The summed E-state index contributed by atoms with van der Waals surface area (Å²) in [4.78, 5) is 10.6. The van der Waals surface area contributed by atoms with Gasteiger partial charge in [0.25, 0.3) is 0 Å². The summed E-state index contributed by atoms with van der Waals surface area (Å²) in [5.41, 5.74) is 0. The van der Waals surface area contributed by atoms with Crippen molar-refractivity contribution in [3.05, 3.63) is 0 Å². The topological polar surface area (TPSA) is 26.3 Å². The van der Waals surface area contributed by atoms with E-state index < -0.39 is 0 Å². The van der Waals surface area contributed by atoms with Crippen LogP contribution in [0, 0.1) is 5.92 Å². The Morgan fingerprint density at radius 2 is 2.22 bits per heavy atom. The van der Waals surface area contributed by atoms with E-state index in [1.54, 1.807) is 0 Å². The van der Waals surface area contributed by atoms with Crippen LogP contribution >= 0.6 is 0 Å². The molecule has 1 rings (SSSR count). The quantitative estimate of drug-likeness (QED) is 0.460. The standard InChI is InChI=1S/C7H12O2/c1-5-3-4-7(8)9-6(5)2/h5-6H,3-4H2,1-2H3/t5-,6?/m0/s1. The van der Waals surface area contributed by atoms with Gasteiger partial charge < -0.3 is 4.74 Å². The molecule has 0 aromatic carbocycles. The van der Waals surface area contributed by atoms with Gasteiger partial charge in [0.1, 0.15) is 6.10 Å². The second-order valence-corrected chi connectivity index (χ2v) is 2.71. The molecule has 0 N–H and O–H groups in total. The summed E-state index contributed by atoms with van der Waals surface area (Å²) in [7, 11) is 0. The highest BCUT2D eigenvalue weighted by Gasteiger charge is 2.22. The number of carbonyl (C=O) groups is 1. The lowest BCUT2D eigenvalue weighted by molar-refractivity contribution is -0.156. The first kappa shape index (κ1) is 6.59. The molecule has 0 amide bonds. The van der Waals surface area contributed by atoms with E-state index >= 15 is 0 Å². The smallest absolute Gasteiger partial charge is 0.306 e. The fourth-order valence-electron chi connectivity index (χ4n) is 0.963. The van der Waals surface area contributed by atoms with Crippen molar-refractivity contribution in [3.63, 3.8) is 0 Å². The third kappa shape index (κ3) is 1.44. The zero-order chi connectivity index (χ0) is 6.85. The maximum absolute atomic E-state index is 10.6. The first-order valence-corrected chi connectivity index (χ1v) is 3.39. The molecular weight excluding hydrogens is 116 g/mol. The number of cyclic esters (lactones) is 1. The maximum Gasteiger partial charge on any atom is 0.306 e. The van der Waals surface area contributed by atoms with Crippen LogP contribution in [-0.4, -0.2) is 12.1 Å². The summed E-state index contributed by atoms with van der Waals surface area (Å²) in [5, 5.41) is 0. The molecule has 1 saturated heterocycles. The molecule has 0 aromatic rings. The van der Waals surface area contributed by atoms with Crippen LogP contribution in [0.15, 0.2) is 0 Å². The minimum absolute atomic E-state index is 0.0411. The van der Waals surface area contributed by atoms with E-state index in [-0.39, 0.29) is 12.1 Å². The summed E-state index contributed by atoms with van der Waals surface area (Å²) in [6, 6.07) is 0. The molecule has 0 saturated carbocycles. The molecule has 1 heterocycles. The van der Waals surface area contributed by atoms with Gasteiger partial charge in [-0.2, -0.15) is 0 Å². The summed E-state index contributed by atoms with van der Waals surface area (Å²) in [5.74, 6) is 0.503. The Labute approximate surface area is 55.2 Å². The molecule has 1 fully saturated rings. The van der Waals surface area contributed by atoms with Gasteiger partial charge in [0, 0.05) is 6.42 Å². The molecule has 2 heteroatoms. The SMILES string of the molecule is CC1OC(=O)CC[C@@H]1C. The third-order valence-electron chi connectivity index (χ3n) is 1.92. The summed E-state index contributed by atoms with van der Waals surface area (Å²) >= 11 is 0. The number of hydrogen-bond acceptors (Lipinski definition) is 2.